The van der Waals surface area contributed by atoms with Gasteiger partial charge in [0.15, 0.2) is 5.43 Å². The monoisotopic (exact) mass is 579 g/mol. The molecule has 1 fully saturated rings. The number of fused-ring (bicyclic) bond motifs is 2. The molecule has 0 spiro atoms. The first-order valence-corrected chi connectivity index (χ1v) is 14.3. The van der Waals surface area contributed by atoms with E-state index >= 15 is 0 Å². The Bertz CT molecular complexity index is 1850. The van der Waals surface area contributed by atoms with Gasteiger partial charge in [-0.2, -0.15) is 0 Å². The predicted molar refractivity (Wildman–Crippen MR) is 165 cm³/mol. The van der Waals surface area contributed by atoms with E-state index in [-0.39, 0.29) is 17.4 Å². The van der Waals surface area contributed by atoms with E-state index in [0.29, 0.717) is 42.6 Å². The Balaban J connectivity index is 1.30. The minimum atomic E-state index is -0.796. The van der Waals surface area contributed by atoms with Gasteiger partial charge in [0, 0.05) is 49.4 Å². The Hall–Kier alpha value is -4.96. The van der Waals surface area contributed by atoms with Crippen molar-refractivity contribution in [2.24, 2.45) is 0 Å². The predicted octanol–water partition coefficient (Wildman–Crippen LogP) is 5.16. The third-order valence-corrected chi connectivity index (χ3v) is 8.11. The number of carbonyl (C=O) groups is 2. The Morgan fingerprint density at radius 3 is 2.51 bits per heavy atom. The first-order chi connectivity index (χ1) is 20.9. The van der Waals surface area contributed by atoms with Gasteiger partial charge >= 0.3 is 6.09 Å². The summed E-state index contributed by atoms with van der Waals surface area (Å²) in [7, 11) is 2.80. The van der Waals surface area contributed by atoms with E-state index < -0.39 is 12.1 Å². The molecular formula is C33H33N5O5. The number of likely N-dealkylation sites (tertiary alicyclic amines) is 1. The number of H-pyrrole nitrogens is 2. The average Bonchev–Trinajstić information content (AvgIpc) is 3.75. The molecule has 1 unspecified atom stereocenters. The standard InChI is InChI=1S/C33H33N5O5/c1-42-13-11-26(37-33(41)43-2)32(40)38-12-3-4-30(38)28-17-31(39)25-10-9-23(16-27(25)36-28)21-5-6-22-15-24(8-7-20(22)14-21)29-18-34-19-35-29/h5-10,14-19,26,30H,3-4,11-13H2,1-2H3,(H,34,35)(H,36,39)(H,37,41)/t26-,30?/m0/s1. The zero-order valence-electron chi connectivity index (χ0n) is 24.1. The lowest BCUT2D eigenvalue weighted by Crippen LogP contribution is -2.49. The van der Waals surface area contributed by atoms with E-state index in [1.54, 1.807) is 30.6 Å². The summed E-state index contributed by atoms with van der Waals surface area (Å²) in [6.45, 7) is 0.823. The van der Waals surface area contributed by atoms with Gasteiger partial charge in [-0.25, -0.2) is 9.78 Å². The van der Waals surface area contributed by atoms with E-state index in [0.717, 1.165) is 39.6 Å². The van der Waals surface area contributed by atoms with Crippen molar-refractivity contribution in [3.05, 3.63) is 89.1 Å². The molecule has 220 valence electrons. The second-order valence-corrected chi connectivity index (χ2v) is 10.8. The number of nitrogens with one attached hydrogen (secondary N) is 3. The second-order valence-electron chi connectivity index (χ2n) is 10.8. The molecule has 2 aromatic heterocycles. The smallest absolute Gasteiger partial charge is 0.407 e. The van der Waals surface area contributed by atoms with Crippen molar-refractivity contribution in [3.63, 3.8) is 0 Å². The van der Waals surface area contributed by atoms with Crippen LogP contribution in [0.4, 0.5) is 4.79 Å². The molecule has 1 aliphatic rings. The summed E-state index contributed by atoms with van der Waals surface area (Å²) >= 11 is 0. The molecule has 0 aliphatic carbocycles. The quantitative estimate of drug-likeness (QED) is 0.233. The third-order valence-electron chi connectivity index (χ3n) is 8.11. The third kappa shape index (κ3) is 5.74. The van der Waals surface area contributed by atoms with E-state index in [2.05, 4.69) is 56.7 Å². The lowest BCUT2D eigenvalue weighted by Gasteiger charge is -2.29. The number of carbonyl (C=O) groups excluding carboxylic acids is 2. The van der Waals surface area contributed by atoms with Crippen LogP contribution in [-0.2, 0) is 14.3 Å². The molecule has 43 heavy (non-hydrogen) atoms. The summed E-state index contributed by atoms with van der Waals surface area (Å²) in [4.78, 5) is 51.2. The summed E-state index contributed by atoms with van der Waals surface area (Å²) in [6.07, 6.45) is 4.59. The maximum absolute atomic E-state index is 13.6. The summed E-state index contributed by atoms with van der Waals surface area (Å²) in [5.74, 6) is -0.230. The number of benzene rings is 3. The van der Waals surface area contributed by atoms with Gasteiger partial charge < -0.3 is 29.7 Å². The van der Waals surface area contributed by atoms with Crippen LogP contribution in [0.1, 0.15) is 31.0 Å². The molecule has 10 nitrogen and oxygen atoms in total. The van der Waals surface area contributed by atoms with Crippen LogP contribution < -0.4 is 10.7 Å². The lowest BCUT2D eigenvalue weighted by molar-refractivity contribution is -0.134. The fourth-order valence-electron chi connectivity index (χ4n) is 5.89. The summed E-state index contributed by atoms with van der Waals surface area (Å²) in [5, 5.41) is 5.43. The molecule has 0 radical (unpaired) electrons. The summed E-state index contributed by atoms with van der Waals surface area (Å²) in [6, 6.07) is 18.9. The van der Waals surface area contributed by atoms with Crippen molar-refractivity contribution >= 4 is 33.7 Å². The maximum atomic E-state index is 13.6. The molecule has 3 heterocycles. The number of rotatable bonds is 8. The number of amides is 2. The molecule has 1 aliphatic heterocycles. The fraction of sp³-hybridized carbons (Fsp3) is 0.273. The summed E-state index contributed by atoms with van der Waals surface area (Å²) < 4.78 is 9.88. The minimum Gasteiger partial charge on any atom is -0.453 e. The Morgan fingerprint density at radius 1 is 1.02 bits per heavy atom. The highest BCUT2D eigenvalue weighted by Crippen LogP contribution is 2.33. The zero-order chi connectivity index (χ0) is 29.9. The molecule has 0 bridgehead atoms. The van der Waals surface area contributed by atoms with Crippen LogP contribution in [-0.4, -0.2) is 65.3 Å². The molecule has 5 aromatic rings. The second kappa shape index (κ2) is 12.1. The summed E-state index contributed by atoms with van der Waals surface area (Å²) in [5.41, 5.74) is 5.31. The first-order valence-electron chi connectivity index (χ1n) is 14.3. The van der Waals surface area contributed by atoms with Crippen molar-refractivity contribution in [2.45, 2.75) is 31.3 Å². The Kier molecular flexibility index (Phi) is 7.93. The number of alkyl carbamates (subject to hydrolysis) is 1. The number of ether oxygens (including phenoxy) is 2. The Morgan fingerprint density at radius 2 is 1.77 bits per heavy atom. The molecule has 2 atom stereocenters. The molecule has 6 rings (SSSR count). The normalized spacial score (nSPS) is 15.6. The molecule has 3 aromatic carbocycles. The molecule has 3 N–H and O–H groups in total. The van der Waals surface area contributed by atoms with Gasteiger partial charge in [0.05, 0.1) is 36.9 Å². The number of hydrogen-bond acceptors (Lipinski definition) is 6. The van der Waals surface area contributed by atoms with Gasteiger partial charge in [-0.15, -0.1) is 0 Å². The van der Waals surface area contributed by atoms with Crippen LogP contribution in [0.3, 0.4) is 0 Å². The van der Waals surface area contributed by atoms with Gasteiger partial charge in [-0.1, -0.05) is 30.3 Å². The van der Waals surface area contributed by atoms with Gasteiger partial charge in [-0.05, 0) is 59.0 Å². The van der Waals surface area contributed by atoms with Crippen molar-refractivity contribution in [1.82, 2.24) is 25.2 Å². The van der Waals surface area contributed by atoms with Crippen LogP contribution in [0.15, 0.2) is 78.0 Å². The van der Waals surface area contributed by atoms with Crippen LogP contribution in [0.2, 0.25) is 0 Å². The van der Waals surface area contributed by atoms with Crippen molar-refractivity contribution in [3.8, 4) is 22.4 Å². The average molecular weight is 580 g/mol. The number of nitrogens with zero attached hydrogens (tertiary/aromatic N) is 2. The SMILES string of the molecule is COCC[C@H](NC(=O)OC)C(=O)N1CCCC1c1cc(=O)c2ccc(-c3ccc4cc(-c5cnc[nH]5)ccc4c3)cc2[nH]1. The largest absolute Gasteiger partial charge is 0.453 e. The minimum absolute atomic E-state index is 0.108. The van der Waals surface area contributed by atoms with Crippen LogP contribution >= 0.6 is 0 Å². The molecule has 1 saturated heterocycles. The van der Waals surface area contributed by atoms with E-state index in [1.165, 1.54) is 7.11 Å². The number of pyridine rings is 1. The van der Waals surface area contributed by atoms with E-state index in [4.69, 9.17) is 9.47 Å². The topological polar surface area (TPSA) is 129 Å². The first kappa shape index (κ1) is 28.2. The van der Waals surface area contributed by atoms with Gasteiger partial charge in [-0.3, -0.25) is 9.59 Å². The van der Waals surface area contributed by atoms with E-state index in [9.17, 15) is 14.4 Å². The van der Waals surface area contributed by atoms with Crippen molar-refractivity contribution in [2.75, 3.05) is 27.4 Å². The molecule has 2 amide bonds. The Labute approximate surface area is 248 Å². The molecule has 0 saturated carbocycles. The number of aromatic nitrogens is 3. The zero-order valence-corrected chi connectivity index (χ0v) is 24.1. The van der Waals surface area contributed by atoms with Crippen molar-refractivity contribution in [1.29, 1.82) is 0 Å². The fourth-order valence-corrected chi connectivity index (χ4v) is 5.89. The van der Waals surface area contributed by atoms with Gasteiger partial charge in [0.25, 0.3) is 0 Å². The van der Waals surface area contributed by atoms with Gasteiger partial charge in [0.1, 0.15) is 6.04 Å². The number of methoxy groups -OCH3 is 2. The van der Waals surface area contributed by atoms with Crippen LogP contribution in [0.5, 0.6) is 0 Å². The van der Waals surface area contributed by atoms with Crippen LogP contribution in [0, 0.1) is 0 Å². The highest BCUT2D eigenvalue weighted by molar-refractivity contribution is 5.92. The van der Waals surface area contributed by atoms with Gasteiger partial charge in [0.2, 0.25) is 5.91 Å². The lowest BCUT2D eigenvalue weighted by atomic mass is 9.98. The maximum Gasteiger partial charge on any atom is 0.407 e. The molecule has 10 heteroatoms. The molecular weight excluding hydrogens is 546 g/mol. The van der Waals surface area contributed by atoms with E-state index in [1.807, 2.05) is 18.2 Å². The number of hydrogen-bond donors (Lipinski definition) is 3. The number of imidazole rings is 1. The number of aromatic amines is 2. The highest BCUT2D eigenvalue weighted by Gasteiger charge is 2.35. The van der Waals surface area contributed by atoms with Crippen LogP contribution in [0.25, 0.3) is 44.1 Å². The highest BCUT2D eigenvalue weighted by atomic mass is 16.5. The van der Waals surface area contributed by atoms with Crippen molar-refractivity contribution < 1.29 is 19.1 Å².